The van der Waals surface area contributed by atoms with Gasteiger partial charge < -0.3 is 33.6 Å². The standard InChI is InChI=1S/C47H44F6N5O8P/c1-26(2)58(27(3)4)67(63-19-7-16-54)66-32-13-10-28(11-14-32)25-55-41(59)31-12-15-33-34(22-31)45(65-42(33)60)35-20-29-8-5-17-56(43(61)46(48,49)50)37(29)23-39(35)64-40-24-38-30(21-36(40)45)9-6-18-57(38)44(62)47(51,52)53/h10-15,20-24,26-27H,5-9,17-19,25H2,1-4H3,(H,55,59). The Morgan fingerprint density at radius 2 is 1.37 bits per heavy atom. The van der Waals surface area contributed by atoms with Crippen LogP contribution in [0.2, 0.25) is 0 Å². The number of amides is 3. The van der Waals surface area contributed by atoms with Gasteiger partial charge in [-0.05, 0) is 113 Å². The van der Waals surface area contributed by atoms with E-state index in [1.54, 1.807) is 24.3 Å². The lowest BCUT2D eigenvalue weighted by Gasteiger charge is -2.40. The Morgan fingerprint density at radius 1 is 0.821 bits per heavy atom. The normalized spacial score (nSPS) is 16.3. The zero-order valence-corrected chi connectivity index (χ0v) is 37.5. The van der Waals surface area contributed by atoms with Crippen LogP contribution in [0.4, 0.5) is 37.7 Å². The van der Waals surface area contributed by atoms with Gasteiger partial charge >= 0.3 is 38.7 Å². The number of nitrogens with zero attached hydrogens (tertiary/aromatic N) is 4. The maximum Gasteiger partial charge on any atom is 0.471 e. The average molecular weight is 952 g/mol. The van der Waals surface area contributed by atoms with Gasteiger partial charge in [-0.2, -0.15) is 31.6 Å². The van der Waals surface area contributed by atoms with E-state index in [0.29, 0.717) is 32.2 Å². The second kappa shape index (κ2) is 18.1. The number of esters is 1. The average Bonchev–Trinajstić information content (AvgIpc) is 3.57. The third-order valence-electron chi connectivity index (χ3n) is 11.9. The number of benzene rings is 4. The molecule has 1 spiro atoms. The Hall–Kier alpha value is -6.22. The van der Waals surface area contributed by atoms with Crippen LogP contribution < -0.4 is 24.4 Å². The topological polar surface area (TPSA) is 151 Å². The number of nitrogens with one attached hydrogen (secondary N) is 1. The molecule has 0 saturated heterocycles. The lowest BCUT2D eigenvalue weighted by atomic mass is 9.75. The van der Waals surface area contributed by atoms with Crippen molar-refractivity contribution >= 4 is 43.6 Å². The molecule has 4 aromatic carbocycles. The Balaban J connectivity index is 1.15. The van der Waals surface area contributed by atoms with Crippen molar-refractivity contribution in [3.05, 3.63) is 111 Å². The monoisotopic (exact) mass is 951 g/mol. The van der Waals surface area contributed by atoms with Gasteiger partial charge in [0, 0.05) is 66.1 Å². The first kappa shape index (κ1) is 47.3. The third kappa shape index (κ3) is 8.90. The van der Waals surface area contributed by atoms with Crippen LogP contribution in [-0.2, 0) is 43.8 Å². The number of carbonyl (C=O) groups is 4. The van der Waals surface area contributed by atoms with Crippen molar-refractivity contribution in [2.24, 2.45) is 0 Å². The predicted octanol–water partition coefficient (Wildman–Crippen LogP) is 9.52. The van der Waals surface area contributed by atoms with Gasteiger partial charge in [0.05, 0.1) is 36.0 Å². The van der Waals surface area contributed by atoms with Gasteiger partial charge in [0.1, 0.15) is 17.2 Å². The van der Waals surface area contributed by atoms with Crippen molar-refractivity contribution in [3.8, 4) is 23.3 Å². The zero-order chi connectivity index (χ0) is 48.2. The molecule has 0 bridgehead atoms. The molecule has 0 fully saturated rings. The molecule has 67 heavy (non-hydrogen) atoms. The summed E-state index contributed by atoms with van der Waals surface area (Å²) in [5.74, 6) is -5.42. The lowest BCUT2D eigenvalue weighted by molar-refractivity contribution is -0.170. The van der Waals surface area contributed by atoms with E-state index in [-0.39, 0.29) is 121 Å². The van der Waals surface area contributed by atoms with E-state index in [0.717, 1.165) is 0 Å². The van der Waals surface area contributed by atoms with E-state index in [2.05, 4.69) is 16.1 Å². The molecule has 0 aromatic heterocycles. The van der Waals surface area contributed by atoms with E-state index in [1.807, 2.05) is 27.7 Å². The molecule has 13 nitrogen and oxygen atoms in total. The number of alkyl halides is 6. The van der Waals surface area contributed by atoms with Gasteiger partial charge in [0.25, 0.3) is 5.91 Å². The minimum Gasteiger partial charge on any atom is -0.456 e. The Labute approximate surface area is 382 Å². The van der Waals surface area contributed by atoms with Crippen molar-refractivity contribution < 1.29 is 64.0 Å². The van der Waals surface area contributed by atoms with Gasteiger partial charge in [-0.15, -0.1) is 0 Å². The highest BCUT2D eigenvalue weighted by molar-refractivity contribution is 7.45. The zero-order valence-electron chi connectivity index (χ0n) is 36.6. The van der Waals surface area contributed by atoms with Gasteiger partial charge in [-0.25, -0.2) is 9.46 Å². The largest absolute Gasteiger partial charge is 0.471 e. The van der Waals surface area contributed by atoms with E-state index in [9.17, 15) is 45.5 Å². The fraction of sp³-hybridized carbons (Fsp3) is 0.383. The second-order valence-electron chi connectivity index (χ2n) is 17.0. The number of fused-ring (bicyclic) bond motifs is 8. The molecule has 20 heteroatoms. The molecule has 1 atom stereocenters. The van der Waals surface area contributed by atoms with Crippen molar-refractivity contribution in [1.29, 1.82) is 5.26 Å². The van der Waals surface area contributed by atoms with Crippen LogP contribution in [0, 0.1) is 11.3 Å². The maximum atomic E-state index is 14.0. The van der Waals surface area contributed by atoms with Crippen LogP contribution in [0.5, 0.6) is 17.2 Å². The van der Waals surface area contributed by atoms with Crippen molar-refractivity contribution in [2.45, 2.75) is 96.4 Å². The number of carbonyl (C=O) groups excluding carboxylic acids is 4. The number of anilines is 2. The summed E-state index contributed by atoms with van der Waals surface area (Å²) in [4.78, 5) is 54.4. The first-order chi connectivity index (χ1) is 31.7. The van der Waals surface area contributed by atoms with Crippen LogP contribution in [0.15, 0.2) is 66.7 Å². The molecule has 4 aromatic rings. The summed E-state index contributed by atoms with van der Waals surface area (Å²) in [6.45, 7) is 7.81. The number of hydrogen-bond donors (Lipinski definition) is 1. The summed E-state index contributed by atoms with van der Waals surface area (Å²) in [6.07, 6.45) is -9.45. The second-order valence-corrected chi connectivity index (χ2v) is 18.3. The quantitative estimate of drug-likeness (QED) is 0.0667. The molecular formula is C47H44F6N5O8P. The fourth-order valence-corrected chi connectivity index (χ4v) is 10.7. The SMILES string of the molecule is CC(C)N(C(C)C)P(OCCC#N)Oc1ccc(CNC(=O)c2ccc3c(c2)C2(OC3=O)c3cc4c(cc3Oc3cc5c(cc32)CCCN5C(=O)C(F)(F)F)N(C(=O)C(F)(F)F)CCC4)cc1. The van der Waals surface area contributed by atoms with Crippen LogP contribution >= 0.6 is 8.53 Å². The van der Waals surface area contributed by atoms with Gasteiger partial charge in [-0.1, -0.05) is 12.1 Å². The Kier molecular flexibility index (Phi) is 12.8. The minimum absolute atomic E-state index is 0.0363. The third-order valence-corrected chi connectivity index (χ3v) is 14.0. The van der Waals surface area contributed by atoms with E-state index in [1.165, 1.54) is 42.5 Å². The fourth-order valence-electron chi connectivity index (χ4n) is 9.07. The Bertz CT molecular complexity index is 2580. The number of halogens is 6. The van der Waals surface area contributed by atoms with E-state index < -0.39 is 50.2 Å². The van der Waals surface area contributed by atoms with Crippen LogP contribution in [-0.4, -0.2) is 72.5 Å². The van der Waals surface area contributed by atoms with E-state index >= 15 is 0 Å². The van der Waals surface area contributed by atoms with Crippen molar-refractivity contribution in [1.82, 2.24) is 9.99 Å². The molecule has 4 heterocycles. The summed E-state index contributed by atoms with van der Waals surface area (Å²) in [7, 11) is -1.56. The predicted molar refractivity (Wildman–Crippen MR) is 232 cm³/mol. The molecule has 4 aliphatic rings. The van der Waals surface area contributed by atoms with Gasteiger partial charge in [0.2, 0.25) is 0 Å². The molecule has 3 amide bonds. The lowest BCUT2D eigenvalue weighted by Crippen LogP contribution is -2.44. The highest BCUT2D eigenvalue weighted by Gasteiger charge is 2.56. The van der Waals surface area contributed by atoms with Crippen molar-refractivity contribution in [2.75, 3.05) is 29.5 Å². The molecular weight excluding hydrogens is 908 g/mol. The summed E-state index contributed by atoms with van der Waals surface area (Å²) < 4.78 is 110. The van der Waals surface area contributed by atoms with Crippen LogP contribution in [0.3, 0.4) is 0 Å². The van der Waals surface area contributed by atoms with Crippen LogP contribution in [0.1, 0.15) is 101 Å². The molecule has 0 radical (unpaired) electrons. The molecule has 1 unspecified atom stereocenters. The van der Waals surface area contributed by atoms with Crippen LogP contribution in [0.25, 0.3) is 0 Å². The molecule has 0 saturated carbocycles. The molecule has 8 rings (SSSR count). The van der Waals surface area contributed by atoms with E-state index in [4.69, 9.17) is 23.8 Å². The summed E-state index contributed by atoms with van der Waals surface area (Å²) in [5.41, 5.74) is -0.285. The molecule has 0 aliphatic carbocycles. The first-order valence-electron chi connectivity index (χ1n) is 21.5. The maximum absolute atomic E-state index is 14.0. The molecule has 4 aliphatic heterocycles. The Morgan fingerprint density at radius 3 is 1.88 bits per heavy atom. The minimum atomic E-state index is -5.22. The summed E-state index contributed by atoms with van der Waals surface area (Å²) in [5, 5.41) is 11.9. The smallest absolute Gasteiger partial charge is 0.456 e. The van der Waals surface area contributed by atoms with Gasteiger partial charge in [-0.3, -0.25) is 14.4 Å². The number of rotatable bonds is 11. The van der Waals surface area contributed by atoms with Gasteiger partial charge in [0.15, 0.2) is 5.60 Å². The highest BCUT2D eigenvalue weighted by Crippen LogP contribution is 2.59. The summed E-state index contributed by atoms with van der Waals surface area (Å²) >= 11 is 0. The number of hydrogen-bond acceptors (Lipinski definition) is 10. The highest BCUT2D eigenvalue weighted by atomic mass is 31.2. The number of aryl methyl sites for hydroxylation is 2. The first-order valence-corrected chi connectivity index (χ1v) is 22.7. The van der Waals surface area contributed by atoms with Crippen molar-refractivity contribution in [3.63, 3.8) is 0 Å². The number of nitriles is 1. The summed E-state index contributed by atoms with van der Waals surface area (Å²) in [6, 6.07) is 18.9. The molecule has 1 N–H and O–H groups in total. The number of ether oxygens (including phenoxy) is 2. The molecule has 352 valence electrons.